The Hall–Kier alpha value is -2.58. The zero-order valence-corrected chi connectivity index (χ0v) is 17.1. The van der Waals surface area contributed by atoms with Crippen LogP contribution in [0, 0.1) is 5.92 Å². The predicted molar refractivity (Wildman–Crippen MR) is 105 cm³/mol. The molecule has 28 heavy (non-hydrogen) atoms. The molecule has 0 heterocycles. The van der Waals surface area contributed by atoms with Crippen molar-refractivity contribution in [1.29, 1.82) is 0 Å². The van der Waals surface area contributed by atoms with Gasteiger partial charge in [0, 0.05) is 26.2 Å². The summed E-state index contributed by atoms with van der Waals surface area (Å²) < 4.78 is 35.7. The van der Waals surface area contributed by atoms with Crippen LogP contribution in [0.4, 0.5) is 8.78 Å². The molecular weight excluding hydrogens is 370 g/mol. The molecule has 0 aliphatic rings. The number of guanidine groups is 1. The summed E-state index contributed by atoms with van der Waals surface area (Å²) in [5, 5.41) is 6.09. The van der Waals surface area contributed by atoms with Crippen LogP contribution in [-0.4, -0.2) is 57.2 Å². The number of likely N-dealkylation sites (N-methyl/N-ethyl adjacent to an activating group) is 1. The molecule has 158 valence electrons. The van der Waals surface area contributed by atoms with E-state index >= 15 is 0 Å². The fraction of sp³-hybridized carbons (Fsp3) is 0.579. The molecule has 0 bridgehead atoms. The minimum absolute atomic E-state index is 0.0318. The van der Waals surface area contributed by atoms with Crippen LogP contribution in [0.25, 0.3) is 0 Å². The Morgan fingerprint density at radius 2 is 1.96 bits per heavy atom. The summed E-state index contributed by atoms with van der Waals surface area (Å²) in [5.41, 5.74) is 0.454. The second kappa shape index (κ2) is 12.0. The van der Waals surface area contributed by atoms with Crippen LogP contribution in [0.2, 0.25) is 0 Å². The van der Waals surface area contributed by atoms with Gasteiger partial charge in [0.2, 0.25) is 5.91 Å². The van der Waals surface area contributed by atoms with Gasteiger partial charge in [0.15, 0.2) is 17.5 Å². The molecule has 2 N–H and O–H groups in total. The van der Waals surface area contributed by atoms with E-state index in [1.807, 2.05) is 13.8 Å². The highest BCUT2D eigenvalue weighted by atomic mass is 19.3. The lowest BCUT2D eigenvalue weighted by Gasteiger charge is -2.17. The van der Waals surface area contributed by atoms with Crippen LogP contribution >= 0.6 is 0 Å². The second-order valence-corrected chi connectivity index (χ2v) is 6.64. The molecule has 0 saturated carbocycles. The van der Waals surface area contributed by atoms with Crippen molar-refractivity contribution >= 4 is 11.9 Å². The molecule has 0 unspecified atom stereocenters. The Balaban J connectivity index is 3.01. The van der Waals surface area contributed by atoms with Crippen LogP contribution in [0.1, 0.15) is 26.3 Å². The number of hydrogen-bond acceptors (Lipinski definition) is 4. The molecule has 0 radical (unpaired) electrons. The molecule has 1 rings (SSSR count). The number of amides is 1. The van der Waals surface area contributed by atoms with Crippen LogP contribution in [0.3, 0.4) is 0 Å². The van der Waals surface area contributed by atoms with E-state index in [0.717, 1.165) is 0 Å². The molecule has 1 amide bonds. The normalized spacial score (nSPS) is 11.5. The highest BCUT2D eigenvalue weighted by molar-refractivity contribution is 5.86. The maximum Gasteiger partial charge on any atom is 0.387 e. The number of aliphatic imine (C=N–C) groups is 1. The van der Waals surface area contributed by atoms with Crippen molar-refractivity contribution in [1.82, 2.24) is 15.5 Å². The van der Waals surface area contributed by atoms with E-state index in [1.165, 1.54) is 4.90 Å². The SMILES string of the molecule is CCOc1cccc(CN=C(NCC(=O)N(C)C)NCC(C)C)c1OC(F)F. The van der Waals surface area contributed by atoms with E-state index in [0.29, 0.717) is 30.6 Å². The van der Waals surface area contributed by atoms with Crippen molar-refractivity contribution in [2.24, 2.45) is 10.9 Å². The third-order valence-electron chi connectivity index (χ3n) is 3.56. The number of carbonyl (C=O) groups is 1. The fourth-order valence-corrected chi connectivity index (χ4v) is 2.13. The largest absolute Gasteiger partial charge is 0.490 e. The monoisotopic (exact) mass is 400 g/mol. The van der Waals surface area contributed by atoms with Gasteiger partial charge in [-0.25, -0.2) is 4.99 Å². The van der Waals surface area contributed by atoms with E-state index in [-0.39, 0.29) is 30.5 Å². The summed E-state index contributed by atoms with van der Waals surface area (Å²) in [7, 11) is 3.32. The smallest absolute Gasteiger partial charge is 0.387 e. The fourth-order valence-electron chi connectivity index (χ4n) is 2.13. The molecule has 7 nitrogen and oxygen atoms in total. The lowest BCUT2D eigenvalue weighted by atomic mass is 10.2. The maximum atomic E-state index is 12.8. The minimum Gasteiger partial charge on any atom is -0.490 e. The zero-order valence-electron chi connectivity index (χ0n) is 17.1. The first-order chi connectivity index (χ1) is 13.2. The molecule has 0 aliphatic heterocycles. The molecule has 0 spiro atoms. The molecule has 0 fully saturated rings. The number of para-hydroxylation sites is 1. The number of nitrogens with zero attached hydrogens (tertiary/aromatic N) is 2. The molecule has 0 saturated heterocycles. The quantitative estimate of drug-likeness (QED) is 0.466. The summed E-state index contributed by atoms with van der Waals surface area (Å²) in [6, 6.07) is 4.91. The van der Waals surface area contributed by atoms with Crippen LogP contribution in [0.5, 0.6) is 11.5 Å². The number of ether oxygens (including phenoxy) is 2. The first-order valence-corrected chi connectivity index (χ1v) is 9.16. The zero-order chi connectivity index (χ0) is 21.1. The third kappa shape index (κ3) is 8.41. The highest BCUT2D eigenvalue weighted by Crippen LogP contribution is 2.33. The minimum atomic E-state index is -2.97. The van der Waals surface area contributed by atoms with Gasteiger partial charge in [0.1, 0.15) is 0 Å². The number of halogens is 2. The molecular formula is C19H30F2N4O3. The Bertz CT molecular complexity index is 652. The lowest BCUT2D eigenvalue weighted by Crippen LogP contribution is -2.44. The highest BCUT2D eigenvalue weighted by Gasteiger charge is 2.16. The van der Waals surface area contributed by atoms with E-state index < -0.39 is 6.61 Å². The summed E-state index contributed by atoms with van der Waals surface area (Å²) in [5.74, 6) is 0.863. The molecule has 1 aromatic rings. The number of benzene rings is 1. The van der Waals surface area contributed by atoms with Gasteiger partial charge in [-0.1, -0.05) is 26.0 Å². The topological polar surface area (TPSA) is 75.2 Å². The van der Waals surface area contributed by atoms with Crippen molar-refractivity contribution in [3.63, 3.8) is 0 Å². The van der Waals surface area contributed by atoms with Gasteiger partial charge < -0.3 is 25.0 Å². The Morgan fingerprint density at radius 1 is 1.25 bits per heavy atom. The molecule has 0 aromatic heterocycles. The Labute approximate surface area is 165 Å². The first kappa shape index (κ1) is 23.5. The van der Waals surface area contributed by atoms with E-state index in [9.17, 15) is 13.6 Å². The Morgan fingerprint density at radius 3 is 2.54 bits per heavy atom. The number of hydrogen-bond donors (Lipinski definition) is 2. The van der Waals surface area contributed by atoms with Gasteiger partial charge in [-0.3, -0.25) is 4.79 Å². The molecule has 0 aliphatic carbocycles. The molecule has 9 heteroatoms. The van der Waals surface area contributed by atoms with Gasteiger partial charge in [-0.15, -0.1) is 0 Å². The van der Waals surface area contributed by atoms with E-state index in [4.69, 9.17) is 4.74 Å². The van der Waals surface area contributed by atoms with Crippen molar-refractivity contribution in [2.75, 3.05) is 33.8 Å². The van der Waals surface area contributed by atoms with Gasteiger partial charge >= 0.3 is 6.61 Å². The summed E-state index contributed by atoms with van der Waals surface area (Å²) in [6.45, 7) is 3.97. The average molecular weight is 400 g/mol. The lowest BCUT2D eigenvalue weighted by molar-refractivity contribution is -0.127. The van der Waals surface area contributed by atoms with E-state index in [1.54, 1.807) is 39.2 Å². The number of nitrogens with one attached hydrogen (secondary N) is 2. The maximum absolute atomic E-state index is 12.8. The number of carbonyl (C=O) groups excluding carboxylic acids is 1. The molecule has 1 aromatic carbocycles. The summed E-state index contributed by atoms with van der Waals surface area (Å²) >= 11 is 0. The third-order valence-corrected chi connectivity index (χ3v) is 3.56. The number of rotatable bonds is 10. The van der Waals surface area contributed by atoms with Crippen LogP contribution in [-0.2, 0) is 11.3 Å². The van der Waals surface area contributed by atoms with Crippen LogP contribution in [0.15, 0.2) is 23.2 Å². The van der Waals surface area contributed by atoms with Gasteiger partial charge in [0.05, 0.1) is 19.7 Å². The van der Waals surface area contributed by atoms with Gasteiger partial charge in [-0.05, 0) is 18.9 Å². The first-order valence-electron chi connectivity index (χ1n) is 9.16. The average Bonchev–Trinajstić information content (AvgIpc) is 2.62. The predicted octanol–water partition coefficient (Wildman–Crippen LogP) is 2.47. The standard InChI is InChI=1S/C19H30F2N4O3/c1-6-27-15-9-7-8-14(17(15)28-18(20)21)11-23-19(22-10-13(2)3)24-12-16(26)25(4)5/h7-9,13,18H,6,10-12H2,1-5H3,(H2,22,23,24). The molecule has 0 atom stereocenters. The van der Waals surface area contributed by atoms with Gasteiger partial charge in [0.25, 0.3) is 0 Å². The second-order valence-electron chi connectivity index (χ2n) is 6.64. The van der Waals surface area contributed by atoms with E-state index in [2.05, 4.69) is 20.4 Å². The number of alkyl halides is 2. The summed E-state index contributed by atoms with van der Waals surface area (Å²) in [4.78, 5) is 17.7. The van der Waals surface area contributed by atoms with Crippen molar-refractivity contribution in [3.8, 4) is 11.5 Å². The van der Waals surface area contributed by atoms with Crippen molar-refractivity contribution < 1.29 is 23.0 Å². The van der Waals surface area contributed by atoms with Gasteiger partial charge in [-0.2, -0.15) is 8.78 Å². The summed E-state index contributed by atoms with van der Waals surface area (Å²) in [6.07, 6.45) is 0. The van der Waals surface area contributed by atoms with Crippen molar-refractivity contribution in [2.45, 2.75) is 33.9 Å². The van der Waals surface area contributed by atoms with Crippen LogP contribution < -0.4 is 20.1 Å². The Kier molecular flexibility index (Phi) is 10.0. The van der Waals surface area contributed by atoms with Crippen molar-refractivity contribution in [3.05, 3.63) is 23.8 Å².